The van der Waals surface area contributed by atoms with Crippen LogP contribution in [0.4, 0.5) is 26.4 Å². The summed E-state index contributed by atoms with van der Waals surface area (Å²) < 4.78 is 18.2. The molecule has 188 valence electrons. The number of carbonyl (C=O) groups is 1. The highest BCUT2D eigenvalue weighted by atomic mass is 19.1. The van der Waals surface area contributed by atoms with Gasteiger partial charge in [-0.25, -0.2) is 14.2 Å². The molecular weight excluding hydrogens is 461 g/mol. The van der Waals surface area contributed by atoms with Crippen molar-refractivity contribution in [1.82, 2.24) is 19.3 Å². The summed E-state index contributed by atoms with van der Waals surface area (Å²) in [5.74, 6) is 0.0501. The highest BCUT2D eigenvalue weighted by molar-refractivity contribution is 6.00. The molecule has 0 radical (unpaired) electrons. The number of nitrogens with one attached hydrogen (secondary N) is 3. The van der Waals surface area contributed by atoms with Crippen LogP contribution in [0.3, 0.4) is 0 Å². The first-order chi connectivity index (χ1) is 17.0. The maximum atomic E-state index is 14.8. The van der Waals surface area contributed by atoms with E-state index in [-0.39, 0.29) is 16.8 Å². The molecule has 0 unspecified atom stereocenters. The molecule has 4 aromatic rings. The first-order valence-corrected chi connectivity index (χ1v) is 11.7. The molecular formula is C26H30FN7O2. The van der Waals surface area contributed by atoms with E-state index in [1.807, 2.05) is 33.8 Å². The van der Waals surface area contributed by atoms with Gasteiger partial charge < -0.3 is 20.5 Å². The second kappa shape index (κ2) is 9.44. The van der Waals surface area contributed by atoms with Crippen LogP contribution in [0.25, 0.3) is 22.0 Å². The number of urea groups is 1. The quantitative estimate of drug-likeness (QED) is 0.357. The first-order valence-electron chi connectivity index (χ1n) is 11.7. The fourth-order valence-corrected chi connectivity index (χ4v) is 4.01. The highest BCUT2D eigenvalue weighted by Gasteiger charge is 2.18. The molecule has 10 heteroatoms. The molecule has 0 aliphatic carbocycles. The third-order valence-corrected chi connectivity index (χ3v) is 5.93. The lowest BCUT2D eigenvalue weighted by molar-refractivity contribution is 0.262. The summed E-state index contributed by atoms with van der Waals surface area (Å²) >= 11 is 0. The van der Waals surface area contributed by atoms with Crippen molar-refractivity contribution < 1.29 is 9.18 Å². The minimum absolute atomic E-state index is 0.0393. The molecule has 9 nitrogen and oxygen atoms in total. The summed E-state index contributed by atoms with van der Waals surface area (Å²) in [6, 6.07) is 5.75. The molecule has 0 aliphatic rings. The summed E-state index contributed by atoms with van der Waals surface area (Å²) in [6.07, 6.45) is 4.92. The smallest absolute Gasteiger partial charge is 0.323 e. The number of pyridine rings is 2. The number of fused-ring (bicyclic) bond motifs is 1. The van der Waals surface area contributed by atoms with Crippen molar-refractivity contribution in [3.8, 4) is 11.1 Å². The molecule has 0 bridgehead atoms. The van der Waals surface area contributed by atoms with Crippen LogP contribution in [0.15, 0.2) is 47.7 Å². The number of aryl methyl sites for hydroxylation is 2. The fraction of sp³-hybridized carbons (Fsp3) is 0.308. The SMILES string of the molecule is CCn1c(=O)c(-c2cc(NC(=O)Nc3cnn(C(C)(C)C)c3)c(F)cc2C)cc2cnc(NC)cc21. The molecule has 3 heterocycles. The average Bonchev–Trinajstić information content (AvgIpc) is 3.29. The lowest BCUT2D eigenvalue weighted by atomic mass is 9.99. The molecule has 0 saturated heterocycles. The van der Waals surface area contributed by atoms with Gasteiger partial charge in [-0.3, -0.25) is 9.48 Å². The third kappa shape index (κ3) is 4.79. The van der Waals surface area contributed by atoms with Crippen LogP contribution in [0.2, 0.25) is 0 Å². The van der Waals surface area contributed by atoms with Crippen LogP contribution in [-0.4, -0.2) is 32.4 Å². The van der Waals surface area contributed by atoms with Gasteiger partial charge in [0.2, 0.25) is 0 Å². The van der Waals surface area contributed by atoms with E-state index in [1.165, 1.54) is 18.3 Å². The predicted octanol–water partition coefficient (Wildman–Crippen LogP) is 5.17. The molecule has 0 saturated carbocycles. The Balaban J connectivity index is 1.70. The Bertz CT molecular complexity index is 1520. The third-order valence-electron chi connectivity index (χ3n) is 5.93. The number of nitrogens with zero attached hydrogens (tertiary/aromatic N) is 4. The predicted molar refractivity (Wildman–Crippen MR) is 141 cm³/mol. The van der Waals surface area contributed by atoms with Crippen molar-refractivity contribution in [2.75, 3.05) is 23.0 Å². The van der Waals surface area contributed by atoms with Gasteiger partial charge in [-0.1, -0.05) is 0 Å². The number of rotatable bonds is 5. The van der Waals surface area contributed by atoms with Crippen molar-refractivity contribution >= 4 is 34.1 Å². The largest absolute Gasteiger partial charge is 0.373 e. The van der Waals surface area contributed by atoms with Crippen molar-refractivity contribution in [2.24, 2.45) is 0 Å². The molecule has 0 atom stereocenters. The normalized spacial score (nSPS) is 11.5. The molecule has 36 heavy (non-hydrogen) atoms. The highest BCUT2D eigenvalue weighted by Crippen LogP contribution is 2.29. The molecule has 1 aromatic carbocycles. The molecule has 0 aliphatic heterocycles. The minimum atomic E-state index is -0.620. The Morgan fingerprint density at radius 3 is 2.47 bits per heavy atom. The van der Waals surface area contributed by atoms with Gasteiger partial charge in [-0.05, 0) is 63.9 Å². The van der Waals surface area contributed by atoms with E-state index < -0.39 is 11.8 Å². The minimum Gasteiger partial charge on any atom is -0.373 e. The van der Waals surface area contributed by atoms with Crippen LogP contribution < -0.4 is 21.5 Å². The van der Waals surface area contributed by atoms with E-state index in [2.05, 4.69) is 26.0 Å². The summed E-state index contributed by atoms with van der Waals surface area (Å²) in [7, 11) is 1.76. The maximum Gasteiger partial charge on any atom is 0.323 e. The van der Waals surface area contributed by atoms with Gasteiger partial charge in [0.15, 0.2) is 0 Å². The summed E-state index contributed by atoms with van der Waals surface area (Å²) in [5, 5.41) is 13.2. The molecule has 0 fully saturated rings. The van der Waals surface area contributed by atoms with E-state index in [9.17, 15) is 14.0 Å². The van der Waals surface area contributed by atoms with Crippen LogP contribution in [-0.2, 0) is 12.1 Å². The van der Waals surface area contributed by atoms with E-state index in [0.29, 0.717) is 34.7 Å². The molecule has 4 rings (SSSR count). The second-order valence-electron chi connectivity index (χ2n) is 9.56. The molecule has 2 amide bonds. The summed E-state index contributed by atoms with van der Waals surface area (Å²) in [4.78, 5) is 30.4. The molecule has 0 spiro atoms. The van der Waals surface area contributed by atoms with Crippen LogP contribution in [0.5, 0.6) is 0 Å². The number of hydrogen-bond donors (Lipinski definition) is 3. The Hall–Kier alpha value is -4.21. The van der Waals surface area contributed by atoms with Gasteiger partial charge >= 0.3 is 6.03 Å². The van der Waals surface area contributed by atoms with E-state index >= 15 is 0 Å². The number of aromatic nitrogens is 4. The summed E-state index contributed by atoms with van der Waals surface area (Å²) in [6.45, 7) is 10.0. The van der Waals surface area contributed by atoms with Crippen LogP contribution >= 0.6 is 0 Å². The topological polar surface area (TPSA) is 106 Å². The number of hydrogen-bond acceptors (Lipinski definition) is 5. The van der Waals surface area contributed by atoms with Gasteiger partial charge in [0.05, 0.1) is 28.6 Å². The standard InChI is InChI=1S/C26H30FN7O2/c1-7-33-22-11-23(28-6)29-12-16(22)9-19(24(33)35)18-10-21(20(27)8-15(18)2)32-25(36)31-17-13-30-34(14-17)26(3,4)5/h8-14H,7H2,1-6H3,(H,28,29)(H2,31,32,36). The zero-order valence-corrected chi connectivity index (χ0v) is 21.2. The Kier molecular flexibility index (Phi) is 6.53. The molecule has 3 aromatic heterocycles. The Labute approximate surface area is 208 Å². The number of carbonyl (C=O) groups excluding carboxylic acids is 1. The monoisotopic (exact) mass is 491 g/mol. The molecule has 3 N–H and O–H groups in total. The maximum absolute atomic E-state index is 14.8. The van der Waals surface area contributed by atoms with Crippen molar-refractivity contribution in [3.63, 3.8) is 0 Å². The van der Waals surface area contributed by atoms with Crippen molar-refractivity contribution in [3.05, 3.63) is 64.6 Å². The lowest BCUT2D eigenvalue weighted by Gasteiger charge is -2.18. The first kappa shape index (κ1) is 24.9. The Morgan fingerprint density at radius 2 is 1.83 bits per heavy atom. The Morgan fingerprint density at radius 1 is 1.08 bits per heavy atom. The fourth-order valence-electron chi connectivity index (χ4n) is 4.01. The number of benzene rings is 1. The van der Waals surface area contributed by atoms with Crippen molar-refractivity contribution in [2.45, 2.75) is 46.7 Å². The van der Waals surface area contributed by atoms with Crippen LogP contribution in [0, 0.1) is 12.7 Å². The van der Waals surface area contributed by atoms with E-state index in [0.717, 1.165) is 10.9 Å². The van der Waals surface area contributed by atoms with Gasteiger partial charge in [0.25, 0.3) is 5.56 Å². The number of halogens is 1. The second-order valence-corrected chi connectivity index (χ2v) is 9.56. The zero-order chi connectivity index (χ0) is 26.2. The van der Waals surface area contributed by atoms with Gasteiger partial charge in [-0.15, -0.1) is 0 Å². The van der Waals surface area contributed by atoms with Crippen molar-refractivity contribution in [1.29, 1.82) is 0 Å². The van der Waals surface area contributed by atoms with Gasteiger partial charge in [-0.2, -0.15) is 5.10 Å². The number of anilines is 3. The van der Waals surface area contributed by atoms with Gasteiger partial charge in [0.1, 0.15) is 11.6 Å². The number of amides is 2. The van der Waals surface area contributed by atoms with Crippen LogP contribution in [0.1, 0.15) is 33.3 Å². The lowest BCUT2D eigenvalue weighted by Crippen LogP contribution is -2.23. The van der Waals surface area contributed by atoms with Gasteiger partial charge in [0, 0.05) is 43.0 Å². The summed E-state index contributed by atoms with van der Waals surface area (Å²) in [5.41, 5.74) is 2.23. The zero-order valence-electron chi connectivity index (χ0n) is 21.2. The van der Waals surface area contributed by atoms with E-state index in [1.54, 1.807) is 41.7 Å². The average molecular weight is 492 g/mol. The van der Waals surface area contributed by atoms with E-state index in [4.69, 9.17) is 0 Å².